The van der Waals surface area contributed by atoms with Crippen LogP contribution < -0.4 is 9.47 Å². The number of ether oxygens (including phenoxy) is 2. The molecule has 5 nitrogen and oxygen atoms in total. The minimum atomic E-state index is -0.136. The number of ketones is 1. The molecule has 0 atom stereocenters. The van der Waals surface area contributed by atoms with E-state index in [2.05, 4.69) is 5.10 Å². The minimum Gasteiger partial charge on any atom is -0.496 e. The molecular weight excluding hydrogens is 400 g/mol. The molecule has 0 spiro atoms. The Hall–Kier alpha value is -3.05. The van der Waals surface area contributed by atoms with E-state index >= 15 is 0 Å². The van der Waals surface area contributed by atoms with E-state index in [4.69, 9.17) is 21.1 Å². The van der Waals surface area contributed by atoms with Crippen molar-refractivity contribution < 1.29 is 14.3 Å². The maximum Gasteiger partial charge on any atom is 0.206 e. The first kappa shape index (κ1) is 21.7. The number of hydrogen-bond donors (Lipinski definition) is 0. The third-order valence-electron chi connectivity index (χ3n) is 4.75. The van der Waals surface area contributed by atoms with Gasteiger partial charge in [-0.25, -0.2) is 0 Å². The number of aryl methyl sites for hydroxylation is 3. The normalized spacial score (nSPS) is 11.1. The highest BCUT2D eigenvalue weighted by molar-refractivity contribution is 6.32. The van der Waals surface area contributed by atoms with Crippen LogP contribution in [0.25, 0.3) is 6.08 Å². The Morgan fingerprint density at radius 2 is 1.90 bits per heavy atom. The van der Waals surface area contributed by atoms with Crippen LogP contribution in [-0.2, 0) is 13.2 Å². The van der Waals surface area contributed by atoms with Crippen LogP contribution in [0.3, 0.4) is 0 Å². The topological polar surface area (TPSA) is 53.4 Å². The van der Waals surface area contributed by atoms with E-state index in [-0.39, 0.29) is 5.78 Å². The third-order valence-corrected chi connectivity index (χ3v) is 5.35. The zero-order chi connectivity index (χ0) is 21.7. The molecule has 0 fully saturated rings. The predicted octanol–water partition coefficient (Wildman–Crippen LogP) is 5.66. The number of rotatable bonds is 8. The van der Waals surface area contributed by atoms with Crippen molar-refractivity contribution in [2.45, 2.75) is 33.9 Å². The summed E-state index contributed by atoms with van der Waals surface area (Å²) in [5.41, 5.74) is 4.13. The lowest BCUT2D eigenvalue weighted by Crippen LogP contribution is -2.01. The molecule has 0 saturated carbocycles. The summed E-state index contributed by atoms with van der Waals surface area (Å²) in [5.74, 6) is 1.34. The van der Waals surface area contributed by atoms with E-state index in [1.54, 1.807) is 30.1 Å². The smallest absolute Gasteiger partial charge is 0.206 e. The average molecular weight is 425 g/mol. The molecule has 0 amide bonds. The minimum absolute atomic E-state index is 0.136. The summed E-state index contributed by atoms with van der Waals surface area (Å²) in [7, 11) is 1.62. The fourth-order valence-corrected chi connectivity index (χ4v) is 3.20. The number of methoxy groups -OCH3 is 1. The Morgan fingerprint density at radius 3 is 2.53 bits per heavy atom. The van der Waals surface area contributed by atoms with Crippen molar-refractivity contribution in [2.24, 2.45) is 0 Å². The quantitative estimate of drug-likeness (QED) is 0.346. The first-order valence-electron chi connectivity index (χ1n) is 9.73. The van der Waals surface area contributed by atoms with E-state index < -0.39 is 0 Å². The molecule has 0 aliphatic heterocycles. The van der Waals surface area contributed by atoms with Gasteiger partial charge in [0.1, 0.15) is 23.8 Å². The molecule has 3 aromatic rings. The number of allylic oxidation sites excluding steroid dienone is 1. The highest BCUT2D eigenvalue weighted by Crippen LogP contribution is 2.28. The molecule has 0 N–H and O–H groups in total. The lowest BCUT2D eigenvalue weighted by Gasteiger charge is -2.13. The summed E-state index contributed by atoms with van der Waals surface area (Å²) in [5, 5.41) is 4.99. The van der Waals surface area contributed by atoms with Crippen molar-refractivity contribution in [1.29, 1.82) is 0 Å². The summed E-state index contributed by atoms with van der Waals surface area (Å²) in [6.07, 6.45) is 5.09. The first-order chi connectivity index (χ1) is 14.4. The fraction of sp³-hybridized carbons (Fsp3) is 0.250. The van der Waals surface area contributed by atoms with Crippen LogP contribution in [0.4, 0.5) is 0 Å². The van der Waals surface area contributed by atoms with Crippen molar-refractivity contribution in [3.8, 4) is 11.5 Å². The van der Waals surface area contributed by atoms with Crippen LogP contribution in [0.15, 0.2) is 48.7 Å². The Balaban J connectivity index is 1.75. The summed E-state index contributed by atoms with van der Waals surface area (Å²) in [4.78, 5) is 12.3. The van der Waals surface area contributed by atoms with Crippen LogP contribution >= 0.6 is 11.6 Å². The zero-order valence-electron chi connectivity index (χ0n) is 17.6. The molecule has 0 radical (unpaired) electrons. The number of benzene rings is 2. The van der Waals surface area contributed by atoms with Crippen LogP contribution in [-0.4, -0.2) is 22.7 Å². The monoisotopic (exact) mass is 424 g/mol. The number of halogens is 1. The van der Waals surface area contributed by atoms with Gasteiger partial charge in [0.25, 0.3) is 0 Å². The standard InChI is InChI=1S/C24H25ClN2O3/c1-5-27-11-10-21(26-27)22(28)8-6-18-7-9-23(29-4)19(14-18)15-30-20-12-16(2)24(25)17(3)13-20/h6-14H,5,15H2,1-4H3/b8-6+. The van der Waals surface area contributed by atoms with Gasteiger partial charge in [-0.15, -0.1) is 0 Å². The SMILES string of the molecule is CCn1ccc(C(=O)/C=C/c2ccc(OC)c(COc3cc(C)c(Cl)c(C)c3)c2)n1. The lowest BCUT2D eigenvalue weighted by atomic mass is 10.1. The molecule has 0 aliphatic carbocycles. The van der Waals surface area contributed by atoms with Gasteiger partial charge in [0, 0.05) is 23.3 Å². The van der Waals surface area contributed by atoms with Crippen LogP contribution in [0.2, 0.25) is 5.02 Å². The first-order valence-corrected chi connectivity index (χ1v) is 10.1. The molecule has 0 unspecified atom stereocenters. The molecule has 3 rings (SSSR count). The second kappa shape index (κ2) is 9.63. The molecule has 30 heavy (non-hydrogen) atoms. The average Bonchev–Trinajstić information content (AvgIpc) is 3.23. The van der Waals surface area contributed by atoms with Gasteiger partial charge < -0.3 is 9.47 Å². The van der Waals surface area contributed by atoms with E-state index in [0.717, 1.165) is 45.3 Å². The maximum absolute atomic E-state index is 12.3. The van der Waals surface area contributed by atoms with Gasteiger partial charge in [0.2, 0.25) is 5.78 Å². The molecule has 0 saturated heterocycles. The third kappa shape index (κ3) is 5.10. The van der Waals surface area contributed by atoms with Gasteiger partial charge in [-0.2, -0.15) is 5.10 Å². The Bertz CT molecular complexity index is 1060. The van der Waals surface area contributed by atoms with Crippen LogP contribution in [0.1, 0.15) is 39.7 Å². The summed E-state index contributed by atoms with van der Waals surface area (Å²) >= 11 is 6.23. The number of aromatic nitrogens is 2. The van der Waals surface area contributed by atoms with Gasteiger partial charge >= 0.3 is 0 Å². The van der Waals surface area contributed by atoms with Crippen molar-refractivity contribution >= 4 is 23.5 Å². The molecule has 1 aromatic heterocycles. The number of carbonyl (C=O) groups is 1. The zero-order valence-corrected chi connectivity index (χ0v) is 18.4. The van der Waals surface area contributed by atoms with Crippen LogP contribution in [0, 0.1) is 13.8 Å². The highest BCUT2D eigenvalue weighted by Gasteiger charge is 2.09. The molecular formula is C24H25ClN2O3. The summed E-state index contributed by atoms with van der Waals surface area (Å²) in [6, 6.07) is 11.3. The second-order valence-corrected chi connectivity index (χ2v) is 7.36. The fourth-order valence-electron chi connectivity index (χ4n) is 3.09. The van der Waals surface area contributed by atoms with Crippen molar-refractivity contribution in [3.63, 3.8) is 0 Å². The van der Waals surface area contributed by atoms with Gasteiger partial charge in [-0.05, 0) is 73.9 Å². The second-order valence-electron chi connectivity index (χ2n) is 6.99. The van der Waals surface area contributed by atoms with Gasteiger partial charge in [-0.3, -0.25) is 9.48 Å². The van der Waals surface area contributed by atoms with Crippen LogP contribution in [0.5, 0.6) is 11.5 Å². The molecule has 156 valence electrons. The lowest BCUT2D eigenvalue weighted by molar-refractivity contribution is 0.104. The van der Waals surface area contributed by atoms with Crippen molar-refractivity contribution in [2.75, 3.05) is 7.11 Å². The van der Waals surface area contributed by atoms with Crippen molar-refractivity contribution in [1.82, 2.24) is 9.78 Å². The predicted molar refractivity (Wildman–Crippen MR) is 120 cm³/mol. The molecule has 2 aromatic carbocycles. The van der Waals surface area contributed by atoms with Crippen molar-refractivity contribution in [3.05, 3.63) is 81.6 Å². The molecule has 0 aliphatic rings. The van der Waals surface area contributed by atoms with E-state index in [9.17, 15) is 4.79 Å². The maximum atomic E-state index is 12.3. The molecule has 0 bridgehead atoms. The molecule has 6 heteroatoms. The number of hydrogen-bond acceptors (Lipinski definition) is 4. The highest BCUT2D eigenvalue weighted by atomic mass is 35.5. The van der Waals surface area contributed by atoms with Gasteiger partial charge in [-0.1, -0.05) is 23.7 Å². The van der Waals surface area contributed by atoms with E-state index in [1.807, 2.05) is 51.1 Å². The van der Waals surface area contributed by atoms with Gasteiger partial charge in [0.15, 0.2) is 0 Å². The number of nitrogens with zero attached hydrogens (tertiary/aromatic N) is 2. The van der Waals surface area contributed by atoms with E-state index in [0.29, 0.717) is 12.3 Å². The largest absolute Gasteiger partial charge is 0.496 e. The van der Waals surface area contributed by atoms with E-state index in [1.165, 1.54) is 6.08 Å². The Kier molecular flexibility index (Phi) is 6.95. The summed E-state index contributed by atoms with van der Waals surface area (Å²) < 4.78 is 13.2. The van der Waals surface area contributed by atoms with Gasteiger partial charge in [0.05, 0.1) is 7.11 Å². The number of carbonyl (C=O) groups excluding carboxylic acids is 1. The molecule has 1 heterocycles. The Morgan fingerprint density at radius 1 is 1.17 bits per heavy atom. The Labute approximate surface area is 181 Å². The summed E-state index contributed by atoms with van der Waals surface area (Å²) in [6.45, 7) is 6.94.